The van der Waals surface area contributed by atoms with E-state index in [2.05, 4.69) is 15.4 Å². The molecule has 0 unspecified atom stereocenters. The second-order valence-electron chi connectivity index (χ2n) is 10.7. The van der Waals surface area contributed by atoms with Crippen LogP contribution in [-0.2, 0) is 35.2 Å². The van der Waals surface area contributed by atoms with Crippen LogP contribution in [0, 0.1) is 17.5 Å². The summed E-state index contributed by atoms with van der Waals surface area (Å²) < 4.78 is 90.2. The van der Waals surface area contributed by atoms with Crippen LogP contribution in [0.15, 0.2) is 60.9 Å². The van der Waals surface area contributed by atoms with Crippen molar-refractivity contribution < 1.29 is 40.7 Å². The second-order valence-corrected chi connectivity index (χ2v) is 10.7. The maximum Gasteiger partial charge on any atom is 0.435 e. The minimum absolute atomic E-state index is 0.0458. The van der Waals surface area contributed by atoms with Gasteiger partial charge in [0.2, 0.25) is 5.91 Å². The van der Waals surface area contributed by atoms with Crippen molar-refractivity contribution in [1.82, 2.24) is 25.0 Å². The third-order valence-corrected chi connectivity index (χ3v) is 7.32. The number of ether oxygens (including phenoxy) is 1. The molecule has 3 N–H and O–H groups in total. The molecule has 0 spiro atoms. The number of carbonyl (C=O) groups excluding carboxylic acids is 2. The van der Waals surface area contributed by atoms with Crippen LogP contribution in [0.3, 0.4) is 0 Å². The molecule has 9 nitrogen and oxygen atoms in total. The Kier molecular flexibility index (Phi) is 9.72. The molecule has 2 amide bonds. The summed E-state index contributed by atoms with van der Waals surface area (Å²) in [5.74, 6) is -4.38. The molecular weight excluding hydrogens is 618 g/mol. The van der Waals surface area contributed by atoms with Crippen LogP contribution >= 0.6 is 0 Å². The third-order valence-electron chi connectivity index (χ3n) is 7.32. The number of nitrogens with one attached hydrogen (secondary N) is 1. The van der Waals surface area contributed by atoms with Gasteiger partial charge in [0.15, 0.2) is 5.69 Å². The van der Waals surface area contributed by atoms with Crippen molar-refractivity contribution in [3.8, 4) is 11.1 Å². The summed E-state index contributed by atoms with van der Waals surface area (Å²) in [6, 6.07) is 8.45. The van der Waals surface area contributed by atoms with Gasteiger partial charge in [0.05, 0.1) is 30.5 Å². The Labute approximate surface area is 259 Å². The predicted octanol–water partition coefficient (Wildman–Crippen LogP) is 4.41. The van der Waals surface area contributed by atoms with Gasteiger partial charge in [-0.05, 0) is 47.9 Å². The van der Waals surface area contributed by atoms with E-state index >= 15 is 0 Å². The van der Waals surface area contributed by atoms with Gasteiger partial charge in [0, 0.05) is 49.2 Å². The standard InChI is InChI=1S/C31H28F6N6O3/c32-21-10-18(11-22(33)14-21)12-26(28-23(2-1-5-39-28)19-3-4-25(34)24(13-19)30(38)45)40-27(44)17-43-16-20(29(41-43)31(35,36)37)15-42-6-8-46-9-7-42/h1-5,10-11,13-14,16,26H,6-9,12,15,17H2,(H2,38,45)(H,40,44)/t26-/m0/s1. The highest BCUT2D eigenvalue weighted by Crippen LogP contribution is 2.32. The number of aromatic nitrogens is 3. The van der Waals surface area contributed by atoms with E-state index in [4.69, 9.17) is 10.5 Å². The van der Waals surface area contributed by atoms with E-state index in [0.29, 0.717) is 43.5 Å². The molecule has 0 radical (unpaired) electrons. The lowest BCUT2D eigenvalue weighted by Gasteiger charge is -2.26. The number of hydrogen-bond acceptors (Lipinski definition) is 6. The van der Waals surface area contributed by atoms with E-state index in [1.807, 2.05) is 0 Å². The highest BCUT2D eigenvalue weighted by molar-refractivity contribution is 5.94. The van der Waals surface area contributed by atoms with Crippen molar-refractivity contribution in [3.63, 3.8) is 0 Å². The van der Waals surface area contributed by atoms with Gasteiger partial charge in [-0.2, -0.15) is 18.3 Å². The molecule has 0 saturated carbocycles. The molecule has 2 aromatic carbocycles. The molecule has 2 aromatic heterocycles. The molecular formula is C31H28F6N6O3. The maximum atomic E-state index is 14.2. The zero-order valence-electron chi connectivity index (χ0n) is 24.2. The van der Waals surface area contributed by atoms with Crippen molar-refractivity contribution >= 4 is 11.8 Å². The number of carbonyl (C=O) groups is 2. The van der Waals surface area contributed by atoms with E-state index in [9.17, 15) is 35.9 Å². The molecule has 15 heteroatoms. The zero-order chi connectivity index (χ0) is 33.0. The highest BCUT2D eigenvalue weighted by Gasteiger charge is 2.38. The minimum Gasteiger partial charge on any atom is -0.379 e. The summed E-state index contributed by atoms with van der Waals surface area (Å²) in [6.45, 7) is 0.970. The molecule has 0 bridgehead atoms. The molecule has 1 atom stereocenters. The van der Waals surface area contributed by atoms with E-state index < -0.39 is 59.3 Å². The SMILES string of the molecule is NC(=O)c1cc(-c2cccnc2[C@H](Cc2cc(F)cc(F)c2)NC(=O)Cn2cc(CN3CCOCC3)c(C(F)(F)F)n2)ccc1F. The molecule has 5 rings (SSSR count). The summed E-state index contributed by atoms with van der Waals surface area (Å²) in [7, 11) is 0. The number of primary amides is 1. The number of benzene rings is 2. The number of pyridine rings is 1. The Bertz CT molecular complexity index is 1720. The average molecular weight is 647 g/mol. The van der Waals surface area contributed by atoms with Crippen molar-refractivity contribution in [2.45, 2.75) is 31.7 Å². The molecule has 3 heterocycles. The van der Waals surface area contributed by atoms with Crippen LogP contribution in [0.25, 0.3) is 11.1 Å². The van der Waals surface area contributed by atoms with Gasteiger partial charge in [-0.25, -0.2) is 13.2 Å². The van der Waals surface area contributed by atoms with Gasteiger partial charge in [0.25, 0.3) is 5.91 Å². The normalized spacial score (nSPS) is 14.7. The number of nitrogens with zero attached hydrogens (tertiary/aromatic N) is 4. The quantitative estimate of drug-likeness (QED) is 0.247. The number of amides is 2. The van der Waals surface area contributed by atoms with Crippen LogP contribution < -0.4 is 11.1 Å². The summed E-state index contributed by atoms with van der Waals surface area (Å²) in [6.07, 6.45) is -2.41. The zero-order valence-corrected chi connectivity index (χ0v) is 24.2. The number of alkyl halides is 3. The number of halogens is 6. The molecule has 4 aromatic rings. The van der Waals surface area contributed by atoms with Gasteiger partial charge in [-0.1, -0.05) is 12.1 Å². The van der Waals surface area contributed by atoms with E-state index in [-0.39, 0.29) is 29.8 Å². The molecule has 242 valence electrons. The largest absolute Gasteiger partial charge is 0.435 e. The average Bonchev–Trinajstić information content (AvgIpc) is 3.39. The summed E-state index contributed by atoms with van der Waals surface area (Å²) >= 11 is 0. The first-order chi connectivity index (χ1) is 21.9. The Morgan fingerprint density at radius 2 is 1.74 bits per heavy atom. The molecule has 0 aliphatic carbocycles. The van der Waals surface area contributed by atoms with Crippen LogP contribution in [0.5, 0.6) is 0 Å². The second kappa shape index (κ2) is 13.7. The van der Waals surface area contributed by atoms with Gasteiger partial charge in [-0.15, -0.1) is 0 Å². The van der Waals surface area contributed by atoms with Crippen molar-refractivity contribution in [3.05, 3.63) is 106 Å². The number of hydrogen-bond donors (Lipinski definition) is 2. The summed E-state index contributed by atoms with van der Waals surface area (Å²) in [4.78, 5) is 31.3. The highest BCUT2D eigenvalue weighted by atomic mass is 19.4. The van der Waals surface area contributed by atoms with E-state index in [1.54, 1.807) is 17.0 Å². The van der Waals surface area contributed by atoms with Gasteiger partial charge < -0.3 is 15.8 Å². The van der Waals surface area contributed by atoms with Gasteiger partial charge in [-0.3, -0.25) is 24.2 Å². The van der Waals surface area contributed by atoms with Crippen molar-refractivity contribution in [2.75, 3.05) is 26.3 Å². The monoisotopic (exact) mass is 646 g/mol. The van der Waals surface area contributed by atoms with Gasteiger partial charge in [0.1, 0.15) is 24.0 Å². The van der Waals surface area contributed by atoms with E-state index in [0.717, 1.165) is 29.1 Å². The molecule has 46 heavy (non-hydrogen) atoms. The Balaban J connectivity index is 1.47. The third kappa shape index (κ3) is 7.90. The molecule has 1 saturated heterocycles. The first-order valence-electron chi connectivity index (χ1n) is 14.1. The van der Waals surface area contributed by atoms with Crippen LogP contribution in [0.4, 0.5) is 26.3 Å². The molecule has 1 aliphatic heterocycles. The molecule has 1 aliphatic rings. The first-order valence-corrected chi connectivity index (χ1v) is 14.1. The summed E-state index contributed by atoms with van der Waals surface area (Å²) in [5.41, 5.74) is 4.64. The topological polar surface area (TPSA) is 115 Å². The number of rotatable bonds is 10. The lowest BCUT2D eigenvalue weighted by molar-refractivity contribution is -0.142. The fraction of sp³-hybridized carbons (Fsp3) is 0.290. The minimum atomic E-state index is -4.77. The number of morpholine rings is 1. The van der Waals surface area contributed by atoms with Crippen molar-refractivity contribution in [1.29, 1.82) is 0 Å². The first kappa shape index (κ1) is 32.6. The molecule has 1 fully saturated rings. The Hall–Kier alpha value is -4.76. The number of nitrogens with two attached hydrogens (primary N) is 1. The smallest absolute Gasteiger partial charge is 0.379 e. The van der Waals surface area contributed by atoms with Crippen LogP contribution in [-0.4, -0.2) is 57.8 Å². The van der Waals surface area contributed by atoms with Crippen molar-refractivity contribution in [2.24, 2.45) is 5.73 Å². The van der Waals surface area contributed by atoms with Crippen LogP contribution in [0.2, 0.25) is 0 Å². The maximum absolute atomic E-state index is 14.2. The Morgan fingerprint density at radius 1 is 1.02 bits per heavy atom. The fourth-order valence-electron chi connectivity index (χ4n) is 5.29. The lowest BCUT2D eigenvalue weighted by Crippen LogP contribution is -2.36. The summed E-state index contributed by atoms with van der Waals surface area (Å²) in [5, 5.41) is 6.35. The Morgan fingerprint density at radius 3 is 2.41 bits per heavy atom. The fourth-order valence-corrected chi connectivity index (χ4v) is 5.29. The van der Waals surface area contributed by atoms with E-state index in [1.165, 1.54) is 18.3 Å². The lowest BCUT2D eigenvalue weighted by atomic mass is 9.94. The van der Waals surface area contributed by atoms with Gasteiger partial charge >= 0.3 is 6.18 Å². The predicted molar refractivity (Wildman–Crippen MR) is 152 cm³/mol. The van der Waals surface area contributed by atoms with Crippen LogP contribution in [0.1, 0.15) is 38.9 Å².